The van der Waals surface area contributed by atoms with Crippen LogP contribution in [-0.2, 0) is 6.54 Å². The van der Waals surface area contributed by atoms with Crippen LogP contribution in [0.3, 0.4) is 0 Å². The van der Waals surface area contributed by atoms with E-state index in [1.165, 1.54) is 6.07 Å². The number of non-ortho nitro benzene ring substituents is 1. The third-order valence-corrected chi connectivity index (χ3v) is 3.31. The normalized spacial score (nSPS) is 11.0. The quantitative estimate of drug-likeness (QED) is 0.542. The van der Waals surface area contributed by atoms with Gasteiger partial charge in [0.25, 0.3) is 5.69 Å². The predicted octanol–water partition coefficient (Wildman–Crippen LogP) is 3.88. The van der Waals surface area contributed by atoms with Gasteiger partial charge in [-0.25, -0.2) is 8.78 Å². The van der Waals surface area contributed by atoms with E-state index >= 15 is 0 Å². The number of fused-ring (bicyclic) bond motifs is 1. The molecule has 0 atom stereocenters. The molecule has 0 saturated heterocycles. The Morgan fingerprint density at radius 3 is 2.71 bits per heavy atom. The van der Waals surface area contributed by atoms with E-state index in [9.17, 15) is 18.9 Å². The molecule has 0 bridgehead atoms. The number of halogens is 2. The van der Waals surface area contributed by atoms with E-state index in [-0.39, 0.29) is 17.8 Å². The van der Waals surface area contributed by atoms with Gasteiger partial charge in [0.05, 0.1) is 11.5 Å². The summed E-state index contributed by atoms with van der Waals surface area (Å²) < 4.78 is 28.5. The summed E-state index contributed by atoms with van der Waals surface area (Å²) >= 11 is 0. The number of aromatic nitrogens is 1. The van der Waals surface area contributed by atoms with Gasteiger partial charge in [0.1, 0.15) is 17.2 Å². The topological polar surface area (TPSA) is 48.1 Å². The zero-order chi connectivity index (χ0) is 15.0. The second-order valence-electron chi connectivity index (χ2n) is 4.65. The molecule has 0 amide bonds. The molecule has 0 fully saturated rings. The van der Waals surface area contributed by atoms with Gasteiger partial charge in [0, 0.05) is 23.2 Å². The lowest BCUT2D eigenvalue weighted by molar-refractivity contribution is -0.383. The van der Waals surface area contributed by atoms with Crippen LogP contribution in [0.1, 0.15) is 5.56 Å². The Morgan fingerprint density at radius 1 is 1.14 bits per heavy atom. The van der Waals surface area contributed by atoms with Crippen molar-refractivity contribution < 1.29 is 13.7 Å². The molecule has 1 heterocycles. The van der Waals surface area contributed by atoms with Gasteiger partial charge in [-0.2, -0.15) is 0 Å². The van der Waals surface area contributed by atoms with Crippen LogP contribution in [0.5, 0.6) is 0 Å². The van der Waals surface area contributed by atoms with Crippen LogP contribution in [0.25, 0.3) is 10.9 Å². The smallest absolute Gasteiger partial charge is 0.293 e. The summed E-state index contributed by atoms with van der Waals surface area (Å²) in [6, 6.07) is 9.60. The van der Waals surface area contributed by atoms with E-state index in [1.807, 2.05) is 0 Å². The first-order chi connectivity index (χ1) is 10.1. The highest BCUT2D eigenvalue weighted by Crippen LogP contribution is 2.27. The monoisotopic (exact) mass is 288 g/mol. The molecular formula is C15H10F2N2O2. The molecule has 4 nitrogen and oxygen atoms in total. The number of rotatable bonds is 3. The molecule has 0 N–H and O–H groups in total. The molecule has 0 aliphatic heterocycles. The summed E-state index contributed by atoms with van der Waals surface area (Å²) in [6.07, 6.45) is 1.63. The average molecular weight is 288 g/mol. The molecule has 0 radical (unpaired) electrons. The zero-order valence-electron chi connectivity index (χ0n) is 10.8. The largest absolute Gasteiger partial charge is 0.337 e. The third kappa shape index (κ3) is 2.35. The van der Waals surface area contributed by atoms with Gasteiger partial charge in [-0.3, -0.25) is 10.1 Å². The van der Waals surface area contributed by atoms with Gasteiger partial charge in [0.2, 0.25) is 0 Å². The molecule has 6 heteroatoms. The Bertz CT molecular complexity index is 843. The molecule has 0 aliphatic rings. The maximum atomic E-state index is 13.7. The summed E-state index contributed by atoms with van der Waals surface area (Å²) in [5, 5.41) is 11.8. The van der Waals surface area contributed by atoms with Crippen LogP contribution in [0.2, 0.25) is 0 Å². The van der Waals surface area contributed by atoms with E-state index in [4.69, 9.17) is 0 Å². The van der Waals surface area contributed by atoms with Crippen molar-refractivity contribution in [1.82, 2.24) is 4.57 Å². The minimum atomic E-state index is -0.545. The van der Waals surface area contributed by atoms with Crippen molar-refractivity contribution in [3.05, 3.63) is 76.0 Å². The molecular weight excluding hydrogens is 278 g/mol. The molecule has 1 aromatic heterocycles. The molecule has 3 rings (SSSR count). The lowest BCUT2D eigenvalue weighted by Gasteiger charge is -2.07. The SMILES string of the molecule is O=[N+]([O-])c1cccc2ccn(Cc3cc(F)ccc3F)c12. The van der Waals surface area contributed by atoms with E-state index < -0.39 is 16.6 Å². The summed E-state index contributed by atoms with van der Waals surface area (Å²) in [5.41, 5.74) is 0.478. The van der Waals surface area contributed by atoms with Crippen molar-refractivity contribution in [2.24, 2.45) is 0 Å². The Balaban J connectivity index is 2.13. The lowest BCUT2D eigenvalue weighted by atomic mass is 10.2. The van der Waals surface area contributed by atoms with Crippen molar-refractivity contribution in [1.29, 1.82) is 0 Å². The van der Waals surface area contributed by atoms with Crippen molar-refractivity contribution in [3.63, 3.8) is 0 Å². The van der Waals surface area contributed by atoms with Gasteiger partial charge in [0.15, 0.2) is 0 Å². The van der Waals surface area contributed by atoms with Crippen LogP contribution in [0.4, 0.5) is 14.5 Å². The lowest BCUT2D eigenvalue weighted by Crippen LogP contribution is -2.03. The van der Waals surface area contributed by atoms with Gasteiger partial charge < -0.3 is 4.57 Å². The van der Waals surface area contributed by atoms with Gasteiger partial charge in [-0.05, 0) is 24.3 Å². The molecule has 3 aromatic rings. The molecule has 0 spiro atoms. The van der Waals surface area contributed by atoms with E-state index in [0.717, 1.165) is 18.2 Å². The van der Waals surface area contributed by atoms with Crippen LogP contribution in [-0.4, -0.2) is 9.49 Å². The Morgan fingerprint density at radius 2 is 1.95 bits per heavy atom. The van der Waals surface area contributed by atoms with Crippen LogP contribution < -0.4 is 0 Å². The van der Waals surface area contributed by atoms with Crippen LogP contribution >= 0.6 is 0 Å². The summed E-state index contributed by atoms with van der Waals surface area (Å²) in [4.78, 5) is 10.6. The molecule has 0 saturated carbocycles. The number of para-hydroxylation sites is 1. The van der Waals surface area contributed by atoms with Crippen molar-refractivity contribution in [3.8, 4) is 0 Å². The Hall–Kier alpha value is -2.76. The number of nitro benzene ring substituents is 1. The Kier molecular flexibility index (Phi) is 3.13. The number of nitro groups is 1. The first-order valence-electron chi connectivity index (χ1n) is 6.22. The van der Waals surface area contributed by atoms with Gasteiger partial charge >= 0.3 is 0 Å². The summed E-state index contributed by atoms with van der Waals surface area (Å²) in [6.45, 7) is 0.0257. The minimum absolute atomic E-state index is 0.0257. The zero-order valence-corrected chi connectivity index (χ0v) is 10.8. The van der Waals surface area contributed by atoms with Crippen molar-refractivity contribution in [2.75, 3.05) is 0 Å². The standard InChI is InChI=1S/C15H10F2N2O2/c16-12-4-5-13(17)11(8-12)9-18-7-6-10-2-1-3-14(15(10)18)19(20)21/h1-8H,9H2. The fourth-order valence-electron chi connectivity index (χ4n) is 2.37. The molecule has 2 aromatic carbocycles. The first-order valence-corrected chi connectivity index (χ1v) is 6.22. The predicted molar refractivity (Wildman–Crippen MR) is 74.1 cm³/mol. The van der Waals surface area contributed by atoms with Crippen LogP contribution in [0, 0.1) is 21.7 Å². The highest BCUT2D eigenvalue weighted by atomic mass is 19.1. The average Bonchev–Trinajstić information content (AvgIpc) is 2.86. The highest BCUT2D eigenvalue weighted by Gasteiger charge is 2.16. The second kappa shape index (κ2) is 4.97. The second-order valence-corrected chi connectivity index (χ2v) is 4.65. The number of nitrogens with zero attached hydrogens (tertiary/aromatic N) is 2. The molecule has 0 unspecified atom stereocenters. The Labute approximate surface area is 118 Å². The van der Waals surface area contributed by atoms with Crippen molar-refractivity contribution in [2.45, 2.75) is 6.54 Å². The van der Waals surface area contributed by atoms with Gasteiger partial charge in [-0.1, -0.05) is 12.1 Å². The molecule has 0 aliphatic carbocycles. The molecule has 106 valence electrons. The van der Waals surface area contributed by atoms with Crippen molar-refractivity contribution >= 4 is 16.6 Å². The fourth-order valence-corrected chi connectivity index (χ4v) is 2.37. The highest BCUT2D eigenvalue weighted by molar-refractivity contribution is 5.88. The minimum Gasteiger partial charge on any atom is -0.337 e. The van der Waals surface area contributed by atoms with E-state index in [1.54, 1.807) is 29.0 Å². The maximum absolute atomic E-state index is 13.7. The van der Waals surface area contributed by atoms with E-state index in [0.29, 0.717) is 10.9 Å². The number of hydrogen-bond acceptors (Lipinski definition) is 2. The van der Waals surface area contributed by atoms with E-state index in [2.05, 4.69) is 0 Å². The van der Waals surface area contributed by atoms with Gasteiger partial charge in [-0.15, -0.1) is 0 Å². The third-order valence-electron chi connectivity index (χ3n) is 3.31. The molecule has 21 heavy (non-hydrogen) atoms. The summed E-state index contributed by atoms with van der Waals surface area (Å²) in [7, 11) is 0. The summed E-state index contributed by atoms with van der Waals surface area (Å²) in [5.74, 6) is -1.09. The maximum Gasteiger partial charge on any atom is 0.293 e. The fraction of sp³-hybridized carbons (Fsp3) is 0.0667. The number of benzene rings is 2. The first kappa shape index (κ1) is 13.2. The number of hydrogen-bond donors (Lipinski definition) is 0. The van der Waals surface area contributed by atoms with Crippen LogP contribution in [0.15, 0.2) is 48.7 Å².